The number of hydrogen-bond acceptors (Lipinski definition) is 0. The number of H-pyrrole nitrogens is 1. The number of aromatic amines is 1. The molecule has 3 rings (SSSR count). The summed E-state index contributed by atoms with van der Waals surface area (Å²) in [6.07, 6.45) is 3.52. The van der Waals surface area contributed by atoms with Gasteiger partial charge in [0.15, 0.2) is 0 Å². The number of allylic oxidation sites excluding steroid dienone is 1. The van der Waals surface area contributed by atoms with Gasteiger partial charge in [-0.1, -0.05) is 18.7 Å². The number of fused-ring (bicyclic) bond motifs is 3. The Bertz CT molecular complexity index is 551. The third-order valence-electron chi connectivity index (χ3n) is 3.15. The fourth-order valence-corrected chi connectivity index (χ4v) is 2.87. The van der Waals surface area contributed by atoms with Crippen LogP contribution in [0.1, 0.15) is 24.1 Å². The number of hydrogen-bond donors (Lipinski definition) is 1. The Morgan fingerprint density at radius 3 is 3.00 bits per heavy atom. The standard InChI is InChI=1S/C13H12BrN/c1-8-4-2-5-9-10-6-3-7-11(14)13(10)15-12(8)9/h3,6-7,15H,1-2,4-5H2. The Hall–Kier alpha value is -1.02. The molecule has 2 heteroatoms. The number of nitrogens with one attached hydrogen (secondary N) is 1. The first-order valence-electron chi connectivity index (χ1n) is 5.24. The summed E-state index contributed by atoms with van der Waals surface area (Å²) in [5, 5.41) is 1.35. The summed E-state index contributed by atoms with van der Waals surface area (Å²) in [4.78, 5) is 3.49. The van der Waals surface area contributed by atoms with Crippen molar-refractivity contribution in [2.75, 3.05) is 0 Å². The van der Waals surface area contributed by atoms with Crippen LogP contribution in [0.5, 0.6) is 0 Å². The predicted octanol–water partition coefficient (Wildman–Crippen LogP) is 4.28. The monoisotopic (exact) mass is 261 g/mol. The van der Waals surface area contributed by atoms with Crippen molar-refractivity contribution in [3.05, 3.63) is 40.5 Å². The van der Waals surface area contributed by atoms with Crippen LogP contribution in [0, 0.1) is 0 Å². The van der Waals surface area contributed by atoms with Crippen molar-refractivity contribution in [1.29, 1.82) is 0 Å². The summed E-state index contributed by atoms with van der Waals surface area (Å²) < 4.78 is 1.14. The second-order valence-electron chi connectivity index (χ2n) is 4.10. The fourth-order valence-electron chi connectivity index (χ4n) is 2.40. The van der Waals surface area contributed by atoms with Crippen LogP contribution in [0.4, 0.5) is 0 Å². The van der Waals surface area contributed by atoms with Crippen molar-refractivity contribution in [3.63, 3.8) is 0 Å². The van der Waals surface area contributed by atoms with Gasteiger partial charge in [-0.15, -0.1) is 0 Å². The highest BCUT2D eigenvalue weighted by molar-refractivity contribution is 9.10. The minimum absolute atomic E-state index is 1.12. The van der Waals surface area contributed by atoms with E-state index >= 15 is 0 Å². The molecule has 1 aromatic heterocycles. The summed E-state index contributed by atoms with van der Waals surface area (Å²) >= 11 is 3.58. The number of halogens is 1. The molecule has 0 spiro atoms. The lowest BCUT2D eigenvalue weighted by atomic mass is 9.92. The van der Waals surface area contributed by atoms with Crippen molar-refractivity contribution in [2.24, 2.45) is 0 Å². The summed E-state index contributed by atoms with van der Waals surface area (Å²) in [6.45, 7) is 4.13. The van der Waals surface area contributed by atoms with Crippen LogP contribution >= 0.6 is 15.9 Å². The Balaban J connectivity index is 2.40. The van der Waals surface area contributed by atoms with Gasteiger partial charge in [-0.25, -0.2) is 0 Å². The van der Waals surface area contributed by atoms with Gasteiger partial charge >= 0.3 is 0 Å². The van der Waals surface area contributed by atoms with Gasteiger partial charge < -0.3 is 4.98 Å². The molecule has 1 heterocycles. The lowest BCUT2D eigenvalue weighted by molar-refractivity contribution is 0.825. The van der Waals surface area contributed by atoms with Crippen LogP contribution in [0.3, 0.4) is 0 Å². The van der Waals surface area contributed by atoms with Crippen LogP contribution in [-0.4, -0.2) is 4.98 Å². The van der Waals surface area contributed by atoms with E-state index < -0.39 is 0 Å². The number of para-hydroxylation sites is 1. The minimum Gasteiger partial charge on any atom is -0.354 e. The van der Waals surface area contributed by atoms with Crippen molar-refractivity contribution < 1.29 is 0 Å². The molecule has 0 bridgehead atoms. The molecule has 0 amide bonds. The van der Waals surface area contributed by atoms with Crippen molar-refractivity contribution in [1.82, 2.24) is 4.98 Å². The maximum Gasteiger partial charge on any atom is 0.0605 e. The molecule has 0 radical (unpaired) electrons. The smallest absolute Gasteiger partial charge is 0.0605 e. The molecule has 0 saturated heterocycles. The fraction of sp³-hybridized carbons (Fsp3) is 0.231. The SMILES string of the molecule is C=C1CCCc2c1[nH]c1c(Br)cccc21. The Labute approximate surface area is 97.3 Å². The highest BCUT2D eigenvalue weighted by atomic mass is 79.9. The van der Waals surface area contributed by atoms with Gasteiger partial charge in [0.2, 0.25) is 0 Å². The third-order valence-corrected chi connectivity index (χ3v) is 3.81. The zero-order valence-corrected chi connectivity index (χ0v) is 10.0. The van der Waals surface area contributed by atoms with Crippen LogP contribution in [-0.2, 0) is 6.42 Å². The molecule has 1 aliphatic carbocycles. The molecular weight excluding hydrogens is 250 g/mol. The predicted molar refractivity (Wildman–Crippen MR) is 68.0 cm³/mol. The molecule has 0 aliphatic heterocycles. The van der Waals surface area contributed by atoms with E-state index in [9.17, 15) is 0 Å². The highest BCUT2D eigenvalue weighted by Gasteiger charge is 2.18. The van der Waals surface area contributed by atoms with Crippen molar-refractivity contribution in [3.8, 4) is 0 Å². The van der Waals surface area contributed by atoms with Gasteiger partial charge in [-0.05, 0) is 52.4 Å². The van der Waals surface area contributed by atoms with E-state index in [1.807, 2.05) is 0 Å². The summed E-state index contributed by atoms with van der Waals surface area (Å²) in [6, 6.07) is 6.36. The summed E-state index contributed by atoms with van der Waals surface area (Å²) in [7, 11) is 0. The van der Waals surface area contributed by atoms with E-state index in [0.717, 1.165) is 10.9 Å². The van der Waals surface area contributed by atoms with Crippen molar-refractivity contribution >= 4 is 32.4 Å². The van der Waals surface area contributed by atoms with Crippen LogP contribution in [0.25, 0.3) is 16.5 Å². The van der Waals surface area contributed by atoms with E-state index in [0.29, 0.717) is 0 Å². The number of aryl methyl sites for hydroxylation is 1. The molecular formula is C13H12BrN. The summed E-state index contributed by atoms with van der Waals surface area (Å²) in [5.41, 5.74) is 5.18. The van der Waals surface area contributed by atoms with E-state index in [4.69, 9.17) is 0 Å². The maximum absolute atomic E-state index is 4.13. The first-order valence-corrected chi connectivity index (χ1v) is 6.04. The Kier molecular flexibility index (Phi) is 1.99. The lowest BCUT2D eigenvalue weighted by Gasteiger charge is -2.13. The molecule has 1 aliphatic rings. The first-order chi connectivity index (χ1) is 7.27. The third kappa shape index (κ3) is 1.28. The average Bonchev–Trinajstić information content (AvgIpc) is 2.60. The average molecular weight is 262 g/mol. The Morgan fingerprint density at radius 2 is 2.13 bits per heavy atom. The van der Waals surface area contributed by atoms with E-state index in [2.05, 4.69) is 45.7 Å². The van der Waals surface area contributed by atoms with E-state index in [1.54, 1.807) is 0 Å². The highest BCUT2D eigenvalue weighted by Crippen LogP contribution is 2.36. The molecule has 0 atom stereocenters. The molecule has 1 nitrogen and oxygen atoms in total. The zero-order chi connectivity index (χ0) is 10.4. The van der Waals surface area contributed by atoms with Gasteiger partial charge in [0.1, 0.15) is 0 Å². The van der Waals surface area contributed by atoms with E-state index in [-0.39, 0.29) is 0 Å². The largest absolute Gasteiger partial charge is 0.354 e. The van der Waals surface area contributed by atoms with Crippen LogP contribution in [0.15, 0.2) is 29.3 Å². The lowest BCUT2D eigenvalue weighted by Crippen LogP contribution is -1.98. The van der Waals surface area contributed by atoms with Gasteiger partial charge in [0.05, 0.1) is 5.52 Å². The molecule has 0 unspecified atom stereocenters. The normalized spacial score (nSPS) is 15.7. The number of benzene rings is 1. The molecule has 0 saturated carbocycles. The van der Waals surface area contributed by atoms with Crippen LogP contribution < -0.4 is 0 Å². The topological polar surface area (TPSA) is 15.8 Å². The van der Waals surface area contributed by atoms with Gasteiger partial charge in [0, 0.05) is 15.6 Å². The van der Waals surface area contributed by atoms with Crippen molar-refractivity contribution in [2.45, 2.75) is 19.3 Å². The van der Waals surface area contributed by atoms with Crippen LogP contribution in [0.2, 0.25) is 0 Å². The van der Waals surface area contributed by atoms with Gasteiger partial charge in [-0.3, -0.25) is 0 Å². The molecule has 0 fully saturated rings. The minimum atomic E-state index is 1.12. The second kappa shape index (κ2) is 3.24. The molecule has 1 aromatic carbocycles. The quantitative estimate of drug-likeness (QED) is 0.729. The second-order valence-corrected chi connectivity index (χ2v) is 4.95. The Morgan fingerprint density at radius 1 is 1.27 bits per heavy atom. The first kappa shape index (κ1) is 9.22. The van der Waals surface area contributed by atoms with E-state index in [1.165, 1.54) is 40.6 Å². The number of aromatic nitrogens is 1. The van der Waals surface area contributed by atoms with Gasteiger partial charge in [0.25, 0.3) is 0 Å². The number of rotatable bonds is 0. The molecule has 76 valence electrons. The molecule has 15 heavy (non-hydrogen) atoms. The molecule has 1 N–H and O–H groups in total. The molecule has 2 aromatic rings. The maximum atomic E-state index is 4.13. The summed E-state index contributed by atoms with van der Waals surface area (Å²) in [5.74, 6) is 0. The van der Waals surface area contributed by atoms with Gasteiger partial charge in [-0.2, -0.15) is 0 Å². The zero-order valence-electron chi connectivity index (χ0n) is 8.44.